The minimum atomic E-state index is -4.47. The highest BCUT2D eigenvalue weighted by Crippen LogP contribution is 2.38. The minimum absolute atomic E-state index is 0.106. The number of rotatable bonds is 2. The van der Waals surface area contributed by atoms with Crippen molar-refractivity contribution in [1.29, 1.82) is 0 Å². The minimum Gasteiger partial charge on any atom is -0.368 e. The van der Waals surface area contributed by atoms with Gasteiger partial charge in [0.1, 0.15) is 11.9 Å². The largest absolute Gasteiger partial charge is 0.417 e. The van der Waals surface area contributed by atoms with Crippen molar-refractivity contribution in [2.75, 3.05) is 18.1 Å². The summed E-state index contributed by atoms with van der Waals surface area (Å²) >= 11 is 0. The molecule has 1 saturated heterocycles. The molecule has 3 rings (SSSR count). The van der Waals surface area contributed by atoms with Gasteiger partial charge in [0.05, 0.1) is 17.9 Å². The van der Waals surface area contributed by atoms with Crippen LogP contribution in [0.15, 0.2) is 12.1 Å². The van der Waals surface area contributed by atoms with E-state index >= 15 is 0 Å². The summed E-state index contributed by atoms with van der Waals surface area (Å²) < 4.78 is 39.5. The van der Waals surface area contributed by atoms with Crippen LogP contribution in [0.2, 0.25) is 0 Å². The molecule has 0 aromatic carbocycles. The number of anilines is 1. The third-order valence-corrected chi connectivity index (χ3v) is 3.64. The van der Waals surface area contributed by atoms with Gasteiger partial charge in [0.25, 0.3) is 0 Å². The fourth-order valence-electron chi connectivity index (χ4n) is 2.64. The third kappa shape index (κ3) is 2.35. The number of nitrogens with zero attached hydrogens (tertiary/aromatic N) is 2. The molecule has 0 radical (unpaired) electrons. The molecule has 0 bridgehead atoms. The number of aromatic nitrogens is 1. The van der Waals surface area contributed by atoms with Gasteiger partial charge in [-0.2, -0.15) is 13.2 Å². The van der Waals surface area contributed by atoms with Crippen LogP contribution in [0.5, 0.6) is 0 Å². The van der Waals surface area contributed by atoms with E-state index in [2.05, 4.69) is 10.3 Å². The summed E-state index contributed by atoms with van der Waals surface area (Å²) in [6.07, 6.45) is -1.03. The lowest BCUT2D eigenvalue weighted by Crippen LogP contribution is -2.42. The number of pyridine rings is 1. The number of alkyl halides is 3. The SMILES string of the molecule is NC(=O)C1CNCN1c1cc(C(F)(F)F)c2c(n1)CC=C2. The number of hydrogen-bond donors (Lipinski definition) is 2. The first-order valence-corrected chi connectivity index (χ1v) is 6.42. The van der Waals surface area contributed by atoms with Gasteiger partial charge in [-0.3, -0.25) is 10.1 Å². The van der Waals surface area contributed by atoms with Crippen molar-refractivity contribution in [3.05, 3.63) is 29.0 Å². The Balaban J connectivity index is 2.07. The van der Waals surface area contributed by atoms with Crippen LogP contribution in [0.3, 0.4) is 0 Å². The van der Waals surface area contributed by atoms with Crippen LogP contribution in [0.1, 0.15) is 16.8 Å². The van der Waals surface area contributed by atoms with Crippen molar-refractivity contribution in [3.63, 3.8) is 0 Å². The number of hydrogen-bond acceptors (Lipinski definition) is 4. The Morgan fingerprint density at radius 1 is 1.48 bits per heavy atom. The van der Waals surface area contributed by atoms with E-state index in [1.54, 1.807) is 6.08 Å². The number of fused-ring (bicyclic) bond motifs is 1. The van der Waals surface area contributed by atoms with Gasteiger partial charge in [0.15, 0.2) is 0 Å². The first-order valence-electron chi connectivity index (χ1n) is 6.42. The molecule has 0 spiro atoms. The van der Waals surface area contributed by atoms with E-state index in [1.807, 2.05) is 0 Å². The summed E-state index contributed by atoms with van der Waals surface area (Å²) in [7, 11) is 0. The number of primary amides is 1. The summed E-state index contributed by atoms with van der Waals surface area (Å²) in [6.45, 7) is 0.540. The van der Waals surface area contributed by atoms with Crippen molar-refractivity contribution in [1.82, 2.24) is 10.3 Å². The topological polar surface area (TPSA) is 71.2 Å². The van der Waals surface area contributed by atoms with E-state index in [0.29, 0.717) is 18.7 Å². The fraction of sp³-hybridized carbons (Fsp3) is 0.385. The number of nitrogens with one attached hydrogen (secondary N) is 1. The standard InChI is InChI=1S/C13H13F3N4O/c14-13(15,16)8-4-11(19-9-3-1-2-7(8)9)20-6-18-5-10(20)12(17)21/h1-2,4,10,18H,3,5-6H2,(H2,17,21). The van der Waals surface area contributed by atoms with Gasteiger partial charge < -0.3 is 10.6 Å². The number of allylic oxidation sites excluding steroid dienone is 1. The molecule has 8 heteroatoms. The van der Waals surface area contributed by atoms with Crippen molar-refractivity contribution in [2.24, 2.45) is 5.73 Å². The van der Waals surface area contributed by atoms with Crippen LogP contribution in [-0.4, -0.2) is 30.1 Å². The Bertz CT molecular complexity index is 627. The Labute approximate surface area is 118 Å². The van der Waals surface area contributed by atoms with Crippen LogP contribution < -0.4 is 16.0 Å². The maximum Gasteiger partial charge on any atom is 0.417 e. The van der Waals surface area contributed by atoms with Gasteiger partial charge in [-0.15, -0.1) is 0 Å². The molecule has 3 N–H and O–H groups in total. The molecule has 5 nitrogen and oxygen atoms in total. The molecule has 1 aliphatic heterocycles. The van der Waals surface area contributed by atoms with Gasteiger partial charge in [-0.1, -0.05) is 12.2 Å². The second kappa shape index (κ2) is 4.73. The zero-order valence-electron chi connectivity index (χ0n) is 10.9. The van der Waals surface area contributed by atoms with Gasteiger partial charge in [0.2, 0.25) is 5.91 Å². The first-order chi connectivity index (χ1) is 9.88. The summed E-state index contributed by atoms with van der Waals surface area (Å²) in [6, 6.07) is 0.295. The number of carbonyl (C=O) groups is 1. The van der Waals surface area contributed by atoms with E-state index in [1.165, 1.54) is 11.0 Å². The van der Waals surface area contributed by atoms with Crippen molar-refractivity contribution >= 4 is 17.8 Å². The van der Waals surface area contributed by atoms with Crippen LogP contribution in [0.25, 0.3) is 6.08 Å². The van der Waals surface area contributed by atoms with E-state index < -0.39 is 23.7 Å². The van der Waals surface area contributed by atoms with Crippen molar-refractivity contribution in [3.8, 4) is 0 Å². The summed E-state index contributed by atoms with van der Waals surface area (Å²) in [5.74, 6) is -0.465. The van der Waals surface area contributed by atoms with Crippen molar-refractivity contribution < 1.29 is 18.0 Å². The van der Waals surface area contributed by atoms with Gasteiger partial charge in [-0.25, -0.2) is 4.98 Å². The average Bonchev–Trinajstić information content (AvgIpc) is 3.04. The maximum absolute atomic E-state index is 13.2. The zero-order chi connectivity index (χ0) is 15.2. The fourth-order valence-corrected chi connectivity index (χ4v) is 2.64. The van der Waals surface area contributed by atoms with Crippen LogP contribution >= 0.6 is 0 Å². The highest BCUT2D eigenvalue weighted by molar-refractivity contribution is 5.84. The first kappa shape index (κ1) is 13.9. The third-order valence-electron chi connectivity index (χ3n) is 3.64. The highest BCUT2D eigenvalue weighted by Gasteiger charge is 2.37. The molecule has 1 amide bonds. The predicted molar refractivity (Wildman–Crippen MR) is 70.3 cm³/mol. The molecule has 2 heterocycles. The molecule has 1 aliphatic carbocycles. The van der Waals surface area contributed by atoms with Gasteiger partial charge in [-0.05, 0) is 6.07 Å². The second-order valence-corrected chi connectivity index (χ2v) is 4.99. The lowest BCUT2D eigenvalue weighted by Gasteiger charge is -2.24. The van der Waals surface area contributed by atoms with E-state index in [4.69, 9.17) is 5.73 Å². The molecule has 1 aromatic rings. The Kier molecular flexibility index (Phi) is 3.12. The van der Waals surface area contributed by atoms with E-state index in [-0.39, 0.29) is 18.1 Å². The second-order valence-electron chi connectivity index (χ2n) is 4.99. The number of carbonyl (C=O) groups excluding carboxylic acids is 1. The predicted octanol–water partition coefficient (Wildman–Crippen LogP) is 0.891. The smallest absolute Gasteiger partial charge is 0.368 e. The van der Waals surface area contributed by atoms with Gasteiger partial charge in [0, 0.05) is 18.5 Å². The highest BCUT2D eigenvalue weighted by atomic mass is 19.4. The monoisotopic (exact) mass is 298 g/mol. The van der Waals surface area contributed by atoms with Gasteiger partial charge >= 0.3 is 6.18 Å². The molecule has 1 atom stereocenters. The Morgan fingerprint density at radius 2 is 2.24 bits per heavy atom. The summed E-state index contributed by atoms with van der Waals surface area (Å²) in [5.41, 5.74) is 5.02. The molecular weight excluding hydrogens is 285 g/mol. The quantitative estimate of drug-likeness (QED) is 0.850. The van der Waals surface area contributed by atoms with E-state index in [0.717, 1.165) is 6.07 Å². The van der Waals surface area contributed by atoms with E-state index in [9.17, 15) is 18.0 Å². The van der Waals surface area contributed by atoms with Crippen LogP contribution in [-0.2, 0) is 17.4 Å². The van der Waals surface area contributed by atoms with Crippen molar-refractivity contribution in [2.45, 2.75) is 18.6 Å². The van der Waals surface area contributed by atoms with Crippen LogP contribution in [0, 0.1) is 0 Å². The normalized spacial score (nSPS) is 20.9. The zero-order valence-corrected chi connectivity index (χ0v) is 10.9. The number of amides is 1. The number of nitrogens with two attached hydrogens (primary N) is 1. The Morgan fingerprint density at radius 3 is 2.90 bits per heavy atom. The molecule has 0 saturated carbocycles. The molecule has 112 valence electrons. The summed E-state index contributed by atoms with van der Waals surface area (Å²) in [5, 5.41) is 2.92. The Hall–Kier alpha value is -2.09. The maximum atomic E-state index is 13.2. The lowest BCUT2D eigenvalue weighted by atomic mass is 10.1. The lowest BCUT2D eigenvalue weighted by molar-refractivity contribution is -0.137. The molecule has 1 fully saturated rings. The summed E-state index contributed by atoms with van der Waals surface area (Å²) in [4.78, 5) is 17.1. The van der Waals surface area contributed by atoms with Crippen LogP contribution in [0.4, 0.5) is 19.0 Å². The molecule has 1 aromatic heterocycles. The number of halogens is 3. The average molecular weight is 298 g/mol. The molecule has 21 heavy (non-hydrogen) atoms. The molecule has 2 aliphatic rings. The molecule has 1 unspecified atom stereocenters. The molecular formula is C13H13F3N4O.